The second-order valence-electron chi connectivity index (χ2n) is 6.85. The van der Waals surface area contributed by atoms with Crippen LogP contribution in [0.4, 0.5) is 5.69 Å². The Morgan fingerprint density at radius 3 is 2.62 bits per heavy atom. The summed E-state index contributed by atoms with van der Waals surface area (Å²) in [5.74, 6) is 0. The summed E-state index contributed by atoms with van der Waals surface area (Å²) in [6.07, 6.45) is 6.03. The van der Waals surface area contributed by atoms with Crippen molar-refractivity contribution in [1.29, 1.82) is 5.26 Å². The van der Waals surface area contributed by atoms with Crippen LogP contribution in [0.25, 0.3) is 22.0 Å². The molecule has 1 fully saturated rings. The molecule has 1 heterocycles. The van der Waals surface area contributed by atoms with E-state index in [1.54, 1.807) is 0 Å². The Balaban J connectivity index is 2.04. The first-order valence-electron chi connectivity index (χ1n) is 8.51. The van der Waals surface area contributed by atoms with Gasteiger partial charge < -0.3 is 10.3 Å². The largest absolute Gasteiger partial charge is 0.398 e. The molecule has 24 heavy (non-hydrogen) atoms. The molecule has 1 aliphatic carbocycles. The minimum Gasteiger partial charge on any atom is -0.398 e. The van der Waals surface area contributed by atoms with Crippen molar-refractivity contribution >= 4 is 16.6 Å². The SMILES string of the molecule is Cc1cc2c(cc1C#N)c(-c1cccc(N)c1C)cn2C1CCC1. The number of nitriles is 1. The van der Waals surface area contributed by atoms with Crippen LogP contribution in [0.3, 0.4) is 0 Å². The zero-order valence-electron chi connectivity index (χ0n) is 14.1. The highest BCUT2D eigenvalue weighted by Gasteiger charge is 2.23. The molecule has 0 unspecified atom stereocenters. The molecule has 1 aromatic heterocycles. The van der Waals surface area contributed by atoms with Gasteiger partial charge in [0.2, 0.25) is 0 Å². The van der Waals surface area contributed by atoms with Gasteiger partial charge in [-0.25, -0.2) is 0 Å². The number of anilines is 1. The lowest BCUT2D eigenvalue weighted by molar-refractivity contribution is 0.322. The van der Waals surface area contributed by atoms with Crippen LogP contribution in [0, 0.1) is 25.2 Å². The standard InChI is InChI=1S/C21H21N3/c1-13-9-21-18(10-15(13)11-22)19(12-24(21)16-5-3-6-16)17-7-4-8-20(23)14(17)2/h4,7-10,12,16H,3,5-6,23H2,1-2H3. The number of rotatable bonds is 2. The minimum atomic E-state index is 0.579. The van der Waals surface area contributed by atoms with Gasteiger partial charge in [0.05, 0.1) is 11.6 Å². The first-order chi connectivity index (χ1) is 11.6. The third-order valence-corrected chi connectivity index (χ3v) is 5.43. The van der Waals surface area contributed by atoms with Crippen molar-refractivity contribution in [1.82, 2.24) is 4.57 Å². The van der Waals surface area contributed by atoms with Crippen LogP contribution in [-0.2, 0) is 0 Å². The first kappa shape index (κ1) is 14.8. The molecular formula is C21H21N3. The minimum absolute atomic E-state index is 0.579. The number of hydrogen-bond donors (Lipinski definition) is 1. The fraction of sp³-hybridized carbons (Fsp3) is 0.286. The lowest BCUT2D eigenvalue weighted by Gasteiger charge is -2.28. The lowest BCUT2D eigenvalue weighted by atomic mass is 9.93. The van der Waals surface area contributed by atoms with E-state index in [0.29, 0.717) is 6.04 Å². The zero-order valence-corrected chi connectivity index (χ0v) is 14.1. The van der Waals surface area contributed by atoms with Gasteiger partial charge in [-0.05, 0) is 68.0 Å². The van der Waals surface area contributed by atoms with Gasteiger partial charge in [-0.2, -0.15) is 5.26 Å². The van der Waals surface area contributed by atoms with Gasteiger partial charge in [0.15, 0.2) is 0 Å². The summed E-state index contributed by atoms with van der Waals surface area (Å²) in [6.45, 7) is 4.08. The summed E-state index contributed by atoms with van der Waals surface area (Å²) in [6, 6.07) is 13.2. The number of nitrogens with two attached hydrogens (primary N) is 1. The van der Waals surface area contributed by atoms with Gasteiger partial charge >= 0.3 is 0 Å². The third-order valence-electron chi connectivity index (χ3n) is 5.43. The third kappa shape index (κ3) is 2.11. The van der Waals surface area contributed by atoms with Crippen LogP contribution in [0.15, 0.2) is 36.5 Å². The first-order valence-corrected chi connectivity index (χ1v) is 8.51. The van der Waals surface area contributed by atoms with Crippen molar-refractivity contribution in [3.63, 3.8) is 0 Å². The van der Waals surface area contributed by atoms with Crippen LogP contribution in [-0.4, -0.2) is 4.57 Å². The molecule has 0 amide bonds. The van der Waals surface area contributed by atoms with E-state index < -0.39 is 0 Å². The number of nitrogen functional groups attached to an aromatic ring is 1. The van der Waals surface area contributed by atoms with Crippen molar-refractivity contribution in [3.8, 4) is 17.2 Å². The van der Waals surface area contributed by atoms with E-state index in [1.807, 2.05) is 25.1 Å². The van der Waals surface area contributed by atoms with Crippen molar-refractivity contribution < 1.29 is 0 Å². The summed E-state index contributed by atoms with van der Waals surface area (Å²) >= 11 is 0. The predicted octanol–water partition coefficient (Wildman–Crippen LogP) is 5.10. The van der Waals surface area contributed by atoms with Gasteiger partial charge in [-0.15, -0.1) is 0 Å². The van der Waals surface area contributed by atoms with E-state index in [-0.39, 0.29) is 0 Å². The van der Waals surface area contributed by atoms with E-state index in [4.69, 9.17) is 5.73 Å². The highest BCUT2D eigenvalue weighted by molar-refractivity contribution is 5.98. The van der Waals surface area contributed by atoms with E-state index >= 15 is 0 Å². The molecule has 4 rings (SSSR count). The molecule has 0 bridgehead atoms. The normalized spacial score (nSPS) is 14.5. The molecule has 0 radical (unpaired) electrons. The van der Waals surface area contributed by atoms with Crippen molar-refractivity contribution in [2.45, 2.75) is 39.2 Å². The Hall–Kier alpha value is -2.73. The number of aryl methyl sites for hydroxylation is 1. The second kappa shape index (κ2) is 5.42. The molecule has 0 spiro atoms. The Kier molecular flexibility index (Phi) is 3.35. The number of fused-ring (bicyclic) bond motifs is 1. The van der Waals surface area contributed by atoms with E-state index in [1.165, 1.54) is 30.3 Å². The summed E-state index contributed by atoms with van der Waals surface area (Å²) in [5, 5.41) is 10.6. The van der Waals surface area contributed by atoms with Crippen LogP contribution in [0.5, 0.6) is 0 Å². The van der Waals surface area contributed by atoms with Crippen LogP contribution in [0.2, 0.25) is 0 Å². The lowest BCUT2D eigenvalue weighted by Crippen LogP contribution is -2.15. The van der Waals surface area contributed by atoms with Crippen molar-refractivity contribution in [3.05, 3.63) is 53.2 Å². The molecule has 120 valence electrons. The monoisotopic (exact) mass is 315 g/mol. The highest BCUT2D eigenvalue weighted by Crippen LogP contribution is 2.41. The second-order valence-corrected chi connectivity index (χ2v) is 6.85. The van der Waals surface area contributed by atoms with Gasteiger partial charge in [0.1, 0.15) is 0 Å². The van der Waals surface area contributed by atoms with E-state index in [0.717, 1.165) is 33.3 Å². The van der Waals surface area contributed by atoms with Gasteiger partial charge in [0.25, 0.3) is 0 Å². The molecule has 0 aliphatic heterocycles. The summed E-state index contributed by atoms with van der Waals surface area (Å²) in [7, 11) is 0. The fourth-order valence-corrected chi connectivity index (χ4v) is 3.65. The summed E-state index contributed by atoms with van der Waals surface area (Å²) < 4.78 is 2.41. The molecule has 2 N–H and O–H groups in total. The maximum atomic E-state index is 9.43. The van der Waals surface area contributed by atoms with Gasteiger partial charge in [-0.1, -0.05) is 12.1 Å². The van der Waals surface area contributed by atoms with E-state index in [2.05, 4.69) is 35.9 Å². The topological polar surface area (TPSA) is 54.7 Å². The number of nitrogens with zero attached hydrogens (tertiary/aromatic N) is 2. The molecule has 1 saturated carbocycles. The fourth-order valence-electron chi connectivity index (χ4n) is 3.65. The van der Waals surface area contributed by atoms with Crippen molar-refractivity contribution in [2.24, 2.45) is 0 Å². The Bertz CT molecular complexity index is 984. The van der Waals surface area contributed by atoms with E-state index in [9.17, 15) is 5.26 Å². The molecule has 3 heteroatoms. The average Bonchev–Trinajstić information content (AvgIpc) is 2.86. The smallest absolute Gasteiger partial charge is 0.0994 e. The predicted molar refractivity (Wildman–Crippen MR) is 98.9 cm³/mol. The van der Waals surface area contributed by atoms with Crippen LogP contribution < -0.4 is 5.73 Å². The van der Waals surface area contributed by atoms with Crippen LogP contribution in [0.1, 0.15) is 42.0 Å². The Morgan fingerprint density at radius 1 is 1.17 bits per heavy atom. The summed E-state index contributed by atoms with van der Waals surface area (Å²) in [5.41, 5.74) is 13.4. The van der Waals surface area contributed by atoms with Gasteiger partial charge in [-0.3, -0.25) is 0 Å². The van der Waals surface area contributed by atoms with Gasteiger partial charge in [0, 0.05) is 34.4 Å². The molecule has 2 aromatic carbocycles. The molecule has 3 aromatic rings. The maximum absolute atomic E-state index is 9.43. The Labute approximate surface area is 142 Å². The molecule has 3 nitrogen and oxygen atoms in total. The number of hydrogen-bond acceptors (Lipinski definition) is 2. The molecule has 1 aliphatic rings. The highest BCUT2D eigenvalue weighted by atomic mass is 15.0. The Morgan fingerprint density at radius 2 is 1.96 bits per heavy atom. The maximum Gasteiger partial charge on any atom is 0.0994 e. The quantitative estimate of drug-likeness (QED) is 0.668. The number of aromatic nitrogens is 1. The summed E-state index contributed by atoms with van der Waals surface area (Å²) in [4.78, 5) is 0. The number of benzene rings is 2. The molecule has 0 saturated heterocycles. The molecule has 0 atom stereocenters. The average molecular weight is 315 g/mol. The van der Waals surface area contributed by atoms with Crippen LogP contribution >= 0.6 is 0 Å². The molecular weight excluding hydrogens is 294 g/mol. The van der Waals surface area contributed by atoms with Crippen molar-refractivity contribution in [2.75, 3.05) is 5.73 Å². The zero-order chi connectivity index (χ0) is 16.8.